The molecule has 0 bridgehead atoms. The largest absolute Gasteiger partial charge is 0.501 e. The van der Waals surface area contributed by atoms with E-state index in [-0.39, 0.29) is 35.5 Å². The zero-order valence-electron chi connectivity index (χ0n) is 29.8. The number of methoxy groups -OCH3 is 1. The van der Waals surface area contributed by atoms with E-state index in [2.05, 4.69) is 29.1 Å². The summed E-state index contributed by atoms with van der Waals surface area (Å²) in [4.78, 5) is 51.1. The third-order valence-corrected chi connectivity index (χ3v) is 11.3. The van der Waals surface area contributed by atoms with Crippen LogP contribution in [0.2, 0.25) is 0 Å². The molecule has 2 amide bonds. The van der Waals surface area contributed by atoms with Gasteiger partial charge in [-0.2, -0.15) is 0 Å². The molecule has 4 aliphatic rings. The van der Waals surface area contributed by atoms with Crippen LogP contribution in [0.15, 0.2) is 5.76 Å². The molecule has 1 aliphatic heterocycles. The van der Waals surface area contributed by atoms with E-state index >= 15 is 0 Å². The number of hydrogen-bond donors (Lipinski definition) is 2. The minimum Gasteiger partial charge on any atom is -0.501 e. The molecule has 2 N–H and O–H groups in total. The van der Waals surface area contributed by atoms with Crippen LogP contribution in [0, 0.1) is 29.6 Å². The first-order valence-corrected chi connectivity index (χ1v) is 18.7. The molecule has 2 saturated carbocycles. The number of nitrogens with one attached hydrogen (secondary N) is 1. The fourth-order valence-electron chi connectivity index (χ4n) is 8.12. The third kappa shape index (κ3) is 9.08. The molecule has 0 aromatic carbocycles. The van der Waals surface area contributed by atoms with Crippen LogP contribution in [0.4, 0.5) is 4.79 Å². The summed E-state index contributed by atoms with van der Waals surface area (Å²) >= 11 is 0. The number of hydrogen-bond acceptors (Lipinski definition) is 8. The SMILES string of the molecule is COC1=Cc2nc(O)c(CCCCC[C@@H]3CC3OC(=O)N[C@H](CC(C)C3CCCCC3)C(=O)N3CC[C@@H](C)[C@H]3C(=O)C(C)C)nc2CC1. The number of unbranched alkanes of at least 4 members (excludes halogenated alkanes) is 2. The molecule has 0 radical (unpaired) electrons. The maximum Gasteiger partial charge on any atom is 0.408 e. The van der Waals surface area contributed by atoms with Gasteiger partial charge in [-0.3, -0.25) is 9.59 Å². The van der Waals surface area contributed by atoms with Crippen molar-refractivity contribution in [3.63, 3.8) is 0 Å². The number of aromatic hydroxyl groups is 1. The molecule has 1 aromatic heterocycles. The van der Waals surface area contributed by atoms with E-state index in [1.807, 2.05) is 19.9 Å². The van der Waals surface area contributed by atoms with Crippen molar-refractivity contribution in [3.8, 4) is 5.88 Å². The molecule has 3 aliphatic carbocycles. The summed E-state index contributed by atoms with van der Waals surface area (Å²) in [5.41, 5.74) is 2.25. The Morgan fingerprint density at radius 2 is 1.81 bits per heavy atom. The number of fused-ring (bicyclic) bond motifs is 1. The predicted molar refractivity (Wildman–Crippen MR) is 184 cm³/mol. The summed E-state index contributed by atoms with van der Waals surface area (Å²) in [7, 11) is 1.64. The molecule has 3 fully saturated rings. The highest BCUT2D eigenvalue weighted by Crippen LogP contribution is 2.39. The Labute approximate surface area is 286 Å². The second-order valence-electron chi connectivity index (χ2n) is 15.3. The lowest BCUT2D eigenvalue weighted by molar-refractivity contribution is -0.141. The first kappa shape index (κ1) is 36.1. The van der Waals surface area contributed by atoms with Crippen LogP contribution in [0.3, 0.4) is 0 Å². The van der Waals surface area contributed by atoms with E-state index in [0.717, 1.165) is 62.8 Å². The third-order valence-electron chi connectivity index (χ3n) is 11.3. The fourth-order valence-corrected chi connectivity index (χ4v) is 8.12. The number of rotatable bonds is 15. The number of alkyl carbamates (subject to hydrolysis) is 1. The molecular weight excluding hydrogens is 608 g/mol. The summed E-state index contributed by atoms with van der Waals surface area (Å²) in [6, 6.07) is -1.12. The summed E-state index contributed by atoms with van der Waals surface area (Å²) in [6.07, 6.45) is 15.5. The van der Waals surface area contributed by atoms with Crippen molar-refractivity contribution in [1.82, 2.24) is 20.2 Å². The molecule has 1 saturated heterocycles. The Morgan fingerprint density at radius 1 is 1.04 bits per heavy atom. The Hall–Kier alpha value is -3.17. The van der Waals surface area contributed by atoms with Crippen molar-refractivity contribution in [3.05, 3.63) is 22.8 Å². The standard InChI is InChI=1S/C38H58N4O6/c1-23(2)35(43)34-24(3)18-19-42(34)37(45)32(20-25(4)26-12-8-6-9-13-26)41-38(46)48-33-21-27(33)14-10-7-11-15-30-36(44)40-31-22-28(47-5)16-17-29(31)39-30/h22-27,32-34H,6-21H2,1-5H3,(H,40,44)(H,41,46)/t24-,25?,27-,32-,33?,34+/m1/s1. The quantitative estimate of drug-likeness (QED) is 0.196. The topological polar surface area (TPSA) is 131 Å². The zero-order chi connectivity index (χ0) is 34.4. The van der Waals surface area contributed by atoms with Gasteiger partial charge in [-0.1, -0.05) is 72.6 Å². The molecule has 48 heavy (non-hydrogen) atoms. The molecule has 2 heterocycles. The highest BCUT2D eigenvalue weighted by Gasteiger charge is 2.44. The maximum absolute atomic E-state index is 14.0. The van der Waals surface area contributed by atoms with Gasteiger partial charge >= 0.3 is 6.09 Å². The lowest BCUT2D eigenvalue weighted by Crippen LogP contribution is -2.54. The van der Waals surface area contributed by atoms with Gasteiger partial charge < -0.3 is 24.8 Å². The minimum atomic E-state index is -0.694. The molecule has 10 heteroatoms. The number of ether oxygens (including phenoxy) is 2. The Balaban J connectivity index is 1.09. The maximum atomic E-state index is 14.0. The number of aryl methyl sites for hydroxylation is 2. The van der Waals surface area contributed by atoms with E-state index in [1.165, 1.54) is 32.1 Å². The molecule has 10 nitrogen and oxygen atoms in total. The average molecular weight is 667 g/mol. The average Bonchev–Trinajstić information content (AvgIpc) is 3.69. The van der Waals surface area contributed by atoms with Crippen molar-refractivity contribution in [2.75, 3.05) is 13.7 Å². The minimum absolute atomic E-state index is 0.00442. The van der Waals surface area contributed by atoms with Crippen LogP contribution in [0.5, 0.6) is 5.88 Å². The predicted octanol–water partition coefficient (Wildman–Crippen LogP) is 6.77. The molecule has 1 aromatic rings. The zero-order valence-corrected chi connectivity index (χ0v) is 29.8. The number of ketones is 1. The van der Waals surface area contributed by atoms with Gasteiger partial charge in [-0.05, 0) is 68.6 Å². The Kier molecular flexibility index (Phi) is 12.4. The van der Waals surface area contributed by atoms with E-state index in [4.69, 9.17) is 9.47 Å². The van der Waals surface area contributed by atoms with Crippen LogP contribution in [0.1, 0.15) is 128 Å². The summed E-state index contributed by atoms with van der Waals surface area (Å²) < 4.78 is 11.2. The molecular formula is C38H58N4O6. The molecule has 2 unspecified atom stereocenters. The molecule has 5 rings (SSSR count). The van der Waals surface area contributed by atoms with Gasteiger partial charge in [-0.25, -0.2) is 14.8 Å². The highest BCUT2D eigenvalue weighted by atomic mass is 16.6. The van der Waals surface area contributed by atoms with Gasteiger partial charge in [-0.15, -0.1) is 0 Å². The number of allylic oxidation sites excluding steroid dienone is 1. The first-order chi connectivity index (χ1) is 23.0. The van der Waals surface area contributed by atoms with Gasteiger partial charge in [0.15, 0.2) is 5.78 Å². The van der Waals surface area contributed by atoms with Crippen LogP contribution in [-0.2, 0) is 31.9 Å². The number of nitrogens with zero attached hydrogens (tertiary/aromatic N) is 3. The van der Waals surface area contributed by atoms with E-state index in [1.54, 1.807) is 12.0 Å². The highest BCUT2D eigenvalue weighted by molar-refractivity contribution is 5.93. The van der Waals surface area contributed by atoms with Crippen LogP contribution in [-0.4, -0.2) is 69.6 Å². The second-order valence-corrected chi connectivity index (χ2v) is 15.3. The number of carbonyl (C=O) groups is 3. The summed E-state index contributed by atoms with van der Waals surface area (Å²) in [5, 5.41) is 13.4. The second kappa shape index (κ2) is 16.5. The lowest BCUT2D eigenvalue weighted by Gasteiger charge is -2.34. The van der Waals surface area contributed by atoms with Gasteiger partial charge in [0, 0.05) is 25.0 Å². The summed E-state index contributed by atoms with van der Waals surface area (Å²) in [6.45, 7) is 8.59. The monoisotopic (exact) mass is 666 g/mol. The number of aromatic nitrogens is 2. The van der Waals surface area contributed by atoms with Gasteiger partial charge in [0.05, 0.1) is 30.3 Å². The van der Waals surface area contributed by atoms with Crippen LogP contribution >= 0.6 is 0 Å². The number of amides is 2. The first-order valence-electron chi connectivity index (χ1n) is 18.7. The number of likely N-dealkylation sites (tertiary alicyclic amines) is 1. The van der Waals surface area contributed by atoms with Gasteiger partial charge in [0.2, 0.25) is 11.8 Å². The van der Waals surface area contributed by atoms with Gasteiger partial charge in [0.1, 0.15) is 17.8 Å². The van der Waals surface area contributed by atoms with Crippen LogP contribution < -0.4 is 5.32 Å². The number of Topliss-reactive ketones (excluding diaryl/α,β-unsaturated/α-hetero) is 1. The van der Waals surface area contributed by atoms with E-state index in [9.17, 15) is 19.5 Å². The normalized spacial score (nSPS) is 25.2. The van der Waals surface area contributed by atoms with Crippen LogP contribution in [0.25, 0.3) is 6.08 Å². The Morgan fingerprint density at radius 3 is 2.54 bits per heavy atom. The van der Waals surface area contributed by atoms with Crippen molar-refractivity contribution in [1.29, 1.82) is 0 Å². The molecule has 6 atom stereocenters. The van der Waals surface area contributed by atoms with E-state index < -0.39 is 18.2 Å². The molecule has 0 spiro atoms. The van der Waals surface area contributed by atoms with E-state index in [0.29, 0.717) is 48.5 Å². The molecule has 266 valence electrons. The fraction of sp³-hybridized carbons (Fsp3) is 0.763. The van der Waals surface area contributed by atoms with Gasteiger partial charge in [0.25, 0.3) is 0 Å². The summed E-state index contributed by atoms with van der Waals surface area (Å²) in [5.74, 6) is 1.94. The Bertz CT molecular complexity index is 1320. The van der Waals surface area contributed by atoms with Crippen molar-refractivity contribution >= 4 is 23.9 Å². The van der Waals surface area contributed by atoms with Crippen molar-refractivity contribution in [2.24, 2.45) is 29.6 Å². The van der Waals surface area contributed by atoms with Crippen molar-refractivity contribution in [2.45, 2.75) is 142 Å². The number of carbonyl (C=O) groups excluding carboxylic acids is 3. The lowest BCUT2D eigenvalue weighted by atomic mass is 9.78. The van der Waals surface area contributed by atoms with Crippen molar-refractivity contribution < 1.29 is 29.0 Å². The smallest absolute Gasteiger partial charge is 0.408 e.